The molecule has 0 atom stereocenters. The first kappa shape index (κ1) is 11.1. The molecule has 1 aromatic carbocycles. The van der Waals surface area contributed by atoms with Crippen molar-refractivity contribution in [1.29, 1.82) is 5.41 Å². The molecule has 0 fully saturated rings. The van der Waals surface area contributed by atoms with Crippen molar-refractivity contribution >= 4 is 17.3 Å². The zero-order valence-electron chi connectivity index (χ0n) is 8.99. The summed E-state index contributed by atoms with van der Waals surface area (Å²) < 4.78 is 17.4. The van der Waals surface area contributed by atoms with Crippen molar-refractivity contribution in [3.63, 3.8) is 0 Å². The minimum atomic E-state index is -0.301. The van der Waals surface area contributed by atoms with E-state index in [0.29, 0.717) is 11.3 Å². The molecule has 88 valence electrons. The van der Waals surface area contributed by atoms with Crippen molar-refractivity contribution in [3.8, 4) is 0 Å². The Bertz CT molecular complexity index is 566. The van der Waals surface area contributed by atoms with Gasteiger partial charge in [-0.3, -0.25) is 5.41 Å². The first-order chi connectivity index (χ1) is 8.08. The highest BCUT2D eigenvalue weighted by Gasteiger charge is 2.12. The largest absolute Gasteiger partial charge is 0.379 e. The summed E-state index contributed by atoms with van der Waals surface area (Å²) in [5.41, 5.74) is 6.61. The zero-order chi connectivity index (χ0) is 12.4. The number of benzene rings is 1. The molecule has 17 heavy (non-hydrogen) atoms. The smallest absolute Gasteiger partial charge is 0.199 e. The second-order valence-corrected chi connectivity index (χ2v) is 3.46. The van der Waals surface area contributed by atoms with Crippen LogP contribution in [0.4, 0.5) is 15.9 Å². The van der Waals surface area contributed by atoms with Crippen LogP contribution in [0.25, 0.3) is 0 Å². The summed E-state index contributed by atoms with van der Waals surface area (Å²) in [5, 5.41) is 17.3. The van der Waals surface area contributed by atoms with Crippen molar-refractivity contribution in [2.45, 2.75) is 6.92 Å². The molecule has 0 saturated carbocycles. The fourth-order valence-electron chi connectivity index (χ4n) is 1.29. The first-order valence-electron chi connectivity index (χ1n) is 4.78. The average Bonchev–Trinajstić information content (AvgIpc) is 2.70. The predicted octanol–water partition coefficient (Wildman–Crippen LogP) is 1.54. The minimum absolute atomic E-state index is 0.0290. The average molecular weight is 235 g/mol. The molecule has 2 aromatic rings. The number of nitrogens with zero attached hydrogens (tertiary/aromatic N) is 2. The Kier molecular flexibility index (Phi) is 2.73. The van der Waals surface area contributed by atoms with Gasteiger partial charge in [0, 0.05) is 5.69 Å². The van der Waals surface area contributed by atoms with E-state index in [-0.39, 0.29) is 23.2 Å². The van der Waals surface area contributed by atoms with Crippen LogP contribution in [0.3, 0.4) is 0 Å². The maximum atomic E-state index is 13.0. The third kappa shape index (κ3) is 2.22. The van der Waals surface area contributed by atoms with Gasteiger partial charge in [0.25, 0.3) is 0 Å². The normalized spacial score (nSPS) is 10.2. The first-order valence-corrected chi connectivity index (χ1v) is 4.78. The summed E-state index contributed by atoms with van der Waals surface area (Å²) in [4.78, 5) is 0. The van der Waals surface area contributed by atoms with Crippen molar-refractivity contribution in [3.05, 3.63) is 35.3 Å². The van der Waals surface area contributed by atoms with Gasteiger partial charge in [-0.1, -0.05) is 0 Å². The molecule has 0 unspecified atom stereocenters. The molecule has 0 radical (unpaired) electrons. The summed E-state index contributed by atoms with van der Waals surface area (Å²) in [7, 11) is 0. The lowest BCUT2D eigenvalue weighted by atomic mass is 10.2. The summed E-state index contributed by atoms with van der Waals surface area (Å²) in [6, 6.07) is 4.41. The Morgan fingerprint density at radius 3 is 2.82 bits per heavy atom. The minimum Gasteiger partial charge on any atom is -0.379 e. The molecule has 1 aromatic heterocycles. The molecule has 0 aliphatic carbocycles. The van der Waals surface area contributed by atoms with Gasteiger partial charge in [-0.25, -0.2) is 9.02 Å². The number of nitrogen functional groups attached to an aromatic ring is 1. The monoisotopic (exact) mass is 235 g/mol. The predicted molar refractivity (Wildman–Crippen MR) is 60.3 cm³/mol. The topological polar surface area (TPSA) is 101 Å². The van der Waals surface area contributed by atoms with Crippen molar-refractivity contribution < 1.29 is 9.02 Å². The summed E-state index contributed by atoms with van der Waals surface area (Å²) in [6.45, 7) is 1.64. The van der Waals surface area contributed by atoms with Crippen molar-refractivity contribution in [1.82, 2.24) is 10.3 Å². The summed E-state index contributed by atoms with van der Waals surface area (Å²) >= 11 is 0. The van der Waals surface area contributed by atoms with Gasteiger partial charge in [0.15, 0.2) is 17.3 Å². The summed E-state index contributed by atoms with van der Waals surface area (Å²) in [5.74, 6) is -0.333. The summed E-state index contributed by atoms with van der Waals surface area (Å²) in [6.07, 6.45) is 0. The lowest BCUT2D eigenvalue weighted by Gasteiger charge is -2.06. The molecule has 1 heterocycles. The standard InChI is InChI=1S/C10H10FN5O/c1-5-4-6(2-3-7(5)11)14-9(12)8-10(13)16-17-15-8/h2-4H,1H3,(H2,12,14)(H2,13,16). The second kappa shape index (κ2) is 4.20. The van der Waals surface area contributed by atoms with Crippen LogP contribution in [0, 0.1) is 18.2 Å². The van der Waals surface area contributed by atoms with E-state index in [1.54, 1.807) is 13.0 Å². The highest BCUT2D eigenvalue weighted by molar-refractivity contribution is 6.07. The van der Waals surface area contributed by atoms with E-state index in [2.05, 4.69) is 20.3 Å². The molecule has 0 spiro atoms. The molecule has 0 aliphatic heterocycles. The number of hydrogen-bond acceptors (Lipinski definition) is 5. The number of aromatic nitrogens is 2. The van der Waals surface area contributed by atoms with Crippen LogP contribution >= 0.6 is 0 Å². The molecule has 6 nitrogen and oxygen atoms in total. The Morgan fingerprint density at radius 2 is 2.24 bits per heavy atom. The number of nitrogens with one attached hydrogen (secondary N) is 2. The van der Waals surface area contributed by atoms with Gasteiger partial charge >= 0.3 is 0 Å². The number of anilines is 2. The molecule has 2 rings (SSSR count). The van der Waals surface area contributed by atoms with Crippen LogP contribution in [0.5, 0.6) is 0 Å². The van der Waals surface area contributed by atoms with Gasteiger partial charge in [0.1, 0.15) is 5.82 Å². The number of amidine groups is 1. The molecule has 0 amide bonds. The maximum Gasteiger partial charge on any atom is 0.199 e. The van der Waals surface area contributed by atoms with Gasteiger partial charge in [-0.05, 0) is 41.0 Å². The number of aryl methyl sites for hydroxylation is 1. The SMILES string of the molecule is Cc1cc(NC(=N)c2nonc2N)ccc1F. The van der Waals surface area contributed by atoms with Crippen molar-refractivity contribution in [2.24, 2.45) is 0 Å². The molecule has 7 heteroatoms. The van der Waals surface area contributed by atoms with E-state index < -0.39 is 0 Å². The fourth-order valence-corrected chi connectivity index (χ4v) is 1.29. The molecule has 4 N–H and O–H groups in total. The van der Waals surface area contributed by atoms with Gasteiger partial charge in [-0.15, -0.1) is 0 Å². The highest BCUT2D eigenvalue weighted by Crippen LogP contribution is 2.15. The van der Waals surface area contributed by atoms with Crippen LogP contribution < -0.4 is 11.1 Å². The Labute approximate surface area is 96.1 Å². The van der Waals surface area contributed by atoms with Crippen LogP contribution in [-0.2, 0) is 0 Å². The maximum absolute atomic E-state index is 13.0. The number of nitrogens with two attached hydrogens (primary N) is 1. The highest BCUT2D eigenvalue weighted by atomic mass is 19.1. The molecular weight excluding hydrogens is 225 g/mol. The molecule has 0 aliphatic rings. The van der Waals surface area contributed by atoms with E-state index in [9.17, 15) is 4.39 Å². The van der Waals surface area contributed by atoms with Crippen LogP contribution in [0.2, 0.25) is 0 Å². The lowest BCUT2D eigenvalue weighted by Crippen LogP contribution is -2.14. The Morgan fingerprint density at radius 1 is 1.47 bits per heavy atom. The molecular formula is C10H10FN5O. The van der Waals surface area contributed by atoms with Crippen molar-refractivity contribution in [2.75, 3.05) is 11.1 Å². The number of rotatable bonds is 2. The number of hydrogen-bond donors (Lipinski definition) is 3. The van der Waals surface area contributed by atoms with Gasteiger partial charge in [-0.2, -0.15) is 0 Å². The van der Waals surface area contributed by atoms with Gasteiger partial charge in [0.2, 0.25) is 0 Å². The Balaban J connectivity index is 2.19. The van der Waals surface area contributed by atoms with Crippen LogP contribution in [0.15, 0.2) is 22.8 Å². The number of halogens is 1. The fraction of sp³-hybridized carbons (Fsp3) is 0.100. The van der Waals surface area contributed by atoms with Crippen LogP contribution in [-0.4, -0.2) is 16.1 Å². The Hall–Kier alpha value is -2.44. The van der Waals surface area contributed by atoms with E-state index in [4.69, 9.17) is 11.1 Å². The third-order valence-electron chi connectivity index (χ3n) is 2.18. The van der Waals surface area contributed by atoms with E-state index >= 15 is 0 Å². The van der Waals surface area contributed by atoms with E-state index in [0.717, 1.165) is 0 Å². The van der Waals surface area contributed by atoms with E-state index in [1.807, 2.05) is 0 Å². The zero-order valence-corrected chi connectivity index (χ0v) is 8.99. The van der Waals surface area contributed by atoms with Gasteiger partial charge in [0.05, 0.1) is 0 Å². The second-order valence-electron chi connectivity index (χ2n) is 3.46. The quantitative estimate of drug-likeness (QED) is 0.541. The van der Waals surface area contributed by atoms with Gasteiger partial charge < -0.3 is 11.1 Å². The molecule has 0 saturated heterocycles. The van der Waals surface area contributed by atoms with E-state index in [1.165, 1.54) is 12.1 Å². The van der Waals surface area contributed by atoms with Crippen LogP contribution in [0.1, 0.15) is 11.3 Å². The lowest BCUT2D eigenvalue weighted by molar-refractivity contribution is 0.308. The molecule has 0 bridgehead atoms. The third-order valence-corrected chi connectivity index (χ3v) is 2.18.